The molecule has 1 aromatic rings. The van der Waals surface area contributed by atoms with Crippen LogP contribution in [-0.4, -0.2) is 53.9 Å². The smallest absolute Gasteiger partial charge is 0.318 e. The zero-order chi connectivity index (χ0) is 13.4. The van der Waals surface area contributed by atoms with Crippen LogP contribution in [0.15, 0.2) is 4.42 Å². The van der Waals surface area contributed by atoms with E-state index in [4.69, 9.17) is 4.42 Å². The zero-order valence-corrected chi connectivity index (χ0v) is 12.0. The molecule has 0 bridgehead atoms. The quantitative estimate of drug-likeness (QED) is 0.880. The highest BCUT2D eigenvalue weighted by molar-refractivity contribution is 5.29. The molecule has 6 heteroatoms. The molecule has 0 radical (unpaired) electrons. The van der Waals surface area contributed by atoms with E-state index < -0.39 is 0 Å². The van der Waals surface area contributed by atoms with Crippen LogP contribution < -0.4 is 10.2 Å². The van der Waals surface area contributed by atoms with Gasteiger partial charge in [0.05, 0.1) is 6.04 Å². The molecule has 19 heavy (non-hydrogen) atoms. The van der Waals surface area contributed by atoms with Crippen LogP contribution in [0.1, 0.15) is 38.6 Å². The summed E-state index contributed by atoms with van der Waals surface area (Å²) in [6, 6.07) is 1.88. The van der Waals surface area contributed by atoms with Crippen molar-refractivity contribution in [2.45, 2.75) is 44.8 Å². The maximum Gasteiger partial charge on any atom is 0.318 e. The van der Waals surface area contributed by atoms with Gasteiger partial charge in [0.2, 0.25) is 5.89 Å². The van der Waals surface area contributed by atoms with Crippen LogP contribution in [0.2, 0.25) is 0 Å². The van der Waals surface area contributed by atoms with E-state index in [2.05, 4.69) is 32.2 Å². The SMILES string of the molecule is CNC(C)c1nnc(N2CC3CCCN3CC2C)o1. The summed E-state index contributed by atoms with van der Waals surface area (Å²) in [6.07, 6.45) is 2.61. The van der Waals surface area contributed by atoms with E-state index in [0.29, 0.717) is 24.0 Å². The largest absolute Gasteiger partial charge is 0.406 e. The third-order valence-electron chi connectivity index (χ3n) is 4.42. The van der Waals surface area contributed by atoms with E-state index in [1.807, 2.05) is 14.0 Å². The Morgan fingerprint density at radius 1 is 1.37 bits per heavy atom. The van der Waals surface area contributed by atoms with Crippen LogP contribution in [0.4, 0.5) is 6.01 Å². The summed E-state index contributed by atoms with van der Waals surface area (Å²) >= 11 is 0. The fraction of sp³-hybridized carbons (Fsp3) is 0.846. The Kier molecular flexibility index (Phi) is 3.45. The van der Waals surface area contributed by atoms with Crippen molar-refractivity contribution < 1.29 is 4.42 Å². The summed E-state index contributed by atoms with van der Waals surface area (Å²) in [4.78, 5) is 4.86. The van der Waals surface area contributed by atoms with Crippen molar-refractivity contribution in [1.82, 2.24) is 20.4 Å². The van der Waals surface area contributed by atoms with E-state index in [1.54, 1.807) is 0 Å². The number of rotatable bonds is 3. The van der Waals surface area contributed by atoms with Gasteiger partial charge < -0.3 is 14.6 Å². The molecule has 0 spiro atoms. The van der Waals surface area contributed by atoms with Crippen LogP contribution in [0.25, 0.3) is 0 Å². The van der Waals surface area contributed by atoms with Gasteiger partial charge in [-0.05, 0) is 40.3 Å². The predicted molar refractivity (Wildman–Crippen MR) is 73.2 cm³/mol. The van der Waals surface area contributed by atoms with Gasteiger partial charge >= 0.3 is 6.01 Å². The number of fused-ring (bicyclic) bond motifs is 1. The van der Waals surface area contributed by atoms with Gasteiger partial charge in [-0.3, -0.25) is 4.90 Å². The van der Waals surface area contributed by atoms with Gasteiger partial charge in [0, 0.05) is 25.2 Å². The first-order chi connectivity index (χ1) is 9.19. The van der Waals surface area contributed by atoms with Crippen molar-refractivity contribution in [1.29, 1.82) is 0 Å². The Balaban J connectivity index is 1.75. The maximum absolute atomic E-state index is 5.82. The maximum atomic E-state index is 5.82. The van der Waals surface area contributed by atoms with Crippen molar-refractivity contribution in [2.75, 3.05) is 31.6 Å². The number of anilines is 1. The standard InChI is InChI=1S/C13H23N5O/c1-9-7-17-6-4-5-11(17)8-18(9)13-16-15-12(19-13)10(2)14-3/h9-11,14H,4-8H2,1-3H3. The Bertz CT molecular complexity index is 434. The molecule has 0 aromatic carbocycles. The summed E-state index contributed by atoms with van der Waals surface area (Å²) in [7, 11) is 1.90. The Labute approximate surface area is 114 Å². The lowest BCUT2D eigenvalue weighted by Crippen LogP contribution is -2.55. The Hall–Kier alpha value is -1.14. The lowest BCUT2D eigenvalue weighted by Gasteiger charge is -2.41. The van der Waals surface area contributed by atoms with Crippen LogP contribution in [0, 0.1) is 0 Å². The summed E-state index contributed by atoms with van der Waals surface area (Å²) in [5.41, 5.74) is 0. The molecular formula is C13H23N5O. The molecule has 2 fully saturated rings. The zero-order valence-electron chi connectivity index (χ0n) is 12.0. The Morgan fingerprint density at radius 2 is 2.21 bits per heavy atom. The fourth-order valence-corrected chi connectivity index (χ4v) is 3.09. The van der Waals surface area contributed by atoms with Gasteiger partial charge in [0.1, 0.15) is 0 Å². The third kappa shape index (κ3) is 2.34. The van der Waals surface area contributed by atoms with Gasteiger partial charge in [-0.2, -0.15) is 0 Å². The van der Waals surface area contributed by atoms with Crippen molar-refractivity contribution >= 4 is 6.01 Å². The Morgan fingerprint density at radius 3 is 3.00 bits per heavy atom. The normalized spacial score (nSPS) is 29.5. The van der Waals surface area contributed by atoms with Crippen molar-refractivity contribution in [3.05, 3.63) is 5.89 Å². The molecule has 106 valence electrons. The predicted octanol–water partition coefficient (Wildman–Crippen LogP) is 1.02. The molecule has 2 saturated heterocycles. The minimum absolute atomic E-state index is 0.101. The van der Waals surface area contributed by atoms with E-state index in [-0.39, 0.29) is 6.04 Å². The fourth-order valence-electron chi connectivity index (χ4n) is 3.09. The average molecular weight is 265 g/mol. The van der Waals surface area contributed by atoms with Crippen molar-refractivity contribution in [3.63, 3.8) is 0 Å². The molecule has 1 N–H and O–H groups in total. The first-order valence-electron chi connectivity index (χ1n) is 7.20. The first-order valence-corrected chi connectivity index (χ1v) is 7.20. The van der Waals surface area contributed by atoms with Gasteiger partial charge in [-0.25, -0.2) is 0 Å². The van der Waals surface area contributed by atoms with Crippen LogP contribution >= 0.6 is 0 Å². The molecule has 3 heterocycles. The van der Waals surface area contributed by atoms with Crippen LogP contribution in [0.3, 0.4) is 0 Å². The number of piperazine rings is 1. The molecular weight excluding hydrogens is 242 g/mol. The lowest BCUT2D eigenvalue weighted by atomic mass is 10.1. The van der Waals surface area contributed by atoms with E-state index >= 15 is 0 Å². The highest BCUT2D eigenvalue weighted by Crippen LogP contribution is 2.28. The first kappa shape index (κ1) is 12.9. The molecule has 3 unspecified atom stereocenters. The minimum Gasteiger partial charge on any atom is -0.406 e. The highest BCUT2D eigenvalue weighted by Gasteiger charge is 2.36. The monoisotopic (exact) mass is 265 g/mol. The van der Waals surface area contributed by atoms with Gasteiger partial charge in [0.25, 0.3) is 0 Å². The summed E-state index contributed by atoms with van der Waals surface area (Å²) in [6.45, 7) is 7.62. The summed E-state index contributed by atoms with van der Waals surface area (Å²) < 4.78 is 5.82. The van der Waals surface area contributed by atoms with E-state index in [1.165, 1.54) is 19.4 Å². The lowest BCUT2D eigenvalue weighted by molar-refractivity contribution is 0.197. The molecule has 3 atom stereocenters. The second kappa shape index (κ2) is 5.09. The van der Waals surface area contributed by atoms with Crippen molar-refractivity contribution in [2.24, 2.45) is 0 Å². The molecule has 0 saturated carbocycles. The molecule has 1 aromatic heterocycles. The topological polar surface area (TPSA) is 57.4 Å². The number of nitrogens with one attached hydrogen (secondary N) is 1. The minimum atomic E-state index is 0.101. The second-order valence-electron chi connectivity index (χ2n) is 5.73. The van der Waals surface area contributed by atoms with E-state index in [0.717, 1.165) is 13.1 Å². The van der Waals surface area contributed by atoms with Gasteiger partial charge in [-0.1, -0.05) is 5.10 Å². The average Bonchev–Trinajstić information content (AvgIpc) is 3.04. The second-order valence-corrected chi connectivity index (χ2v) is 5.73. The van der Waals surface area contributed by atoms with Crippen LogP contribution in [-0.2, 0) is 0 Å². The molecule has 2 aliphatic rings. The van der Waals surface area contributed by atoms with Gasteiger partial charge in [0.15, 0.2) is 0 Å². The molecule has 6 nitrogen and oxygen atoms in total. The number of nitrogens with zero attached hydrogens (tertiary/aromatic N) is 4. The summed E-state index contributed by atoms with van der Waals surface area (Å²) in [5.74, 6) is 0.665. The molecule has 0 aliphatic carbocycles. The van der Waals surface area contributed by atoms with E-state index in [9.17, 15) is 0 Å². The summed E-state index contributed by atoms with van der Waals surface area (Å²) in [5, 5.41) is 11.5. The number of hydrogen-bond donors (Lipinski definition) is 1. The third-order valence-corrected chi connectivity index (χ3v) is 4.42. The van der Waals surface area contributed by atoms with Crippen molar-refractivity contribution in [3.8, 4) is 0 Å². The molecule has 3 rings (SSSR count). The van der Waals surface area contributed by atoms with Crippen LogP contribution in [0.5, 0.6) is 0 Å². The number of hydrogen-bond acceptors (Lipinski definition) is 6. The van der Waals surface area contributed by atoms with Gasteiger partial charge in [-0.15, -0.1) is 5.10 Å². The number of aromatic nitrogens is 2. The highest BCUT2D eigenvalue weighted by atomic mass is 16.4. The molecule has 0 amide bonds. The molecule has 2 aliphatic heterocycles.